The molecule has 0 bridgehead atoms. The average Bonchev–Trinajstić information content (AvgIpc) is 3.18. The maximum Gasteiger partial charge on any atom is 0.244 e. The van der Waals surface area contributed by atoms with Crippen molar-refractivity contribution in [2.75, 3.05) is 26.7 Å². The predicted octanol–water partition coefficient (Wildman–Crippen LogP) is 0.200. The Bertz CT molecular complexity index is 565. The number of nitrogens with one attached hydrogen (secondary N) is 3. The lowest BCUT2D eigenvalue weighted by atomic mass is 10.3. The van der Waals surface area contributed by atoms with E-state index in [4.69, 9.17) is 0 Å². The minimum atomic E-state index is -3.52. The molecule has 1 fully saturated rings. The Labute approximate surface area is 126 Å². The van der Waals surface area contributed by atoms with Crippen LogP contribution in [-0.4, -0.2) is 56.2 Å². The number of aryl methyl sites for hydroxylation is 1. The molecule has 0 aliphatic heterocycles. The molecule has 1 aliphatic carbocycles. The summed E-state index contributed by atoms with van der Waals surface area (Å²) in [5, 5.41) is 10.2. The van der Waals surface area contributed by atoms with Crippen LogP contribution in [-0.2, 0) is 16.6 Å². The molecule has 0 spiro atoms. The van der Waals surface area contributed by atoms with E-state index in [9.17, 15) is 8.42 Å². The summed E-state index contributed by atoms with van der Waals surface area (Å²) in [6, 6.07) is 0.517. The van der Waals surface area contributed by atoms with Crippen molar-refractivity contribution in [2.24, 2.45) is 0 Å². The summed E-state index contributed by atoms with van der Waals surface area (Å²) in [7, 11) is -1.56. The molecule has 3 N–H and O–H groups in total. The summed E-state index contributed by atoms with van der Waals surface area (Å²) in [4.78, 5) is 2.34. The van der Waals surface area contributed by atoms with Gasteiger partial charge in [0.25, 0.3) is 0 Å². The lowest BCUT2D eigenvalue weighted by molar-refractivity contribution is 0.358. The summed E-state index contributed by atoms with van der Waals surface area (Å²) in [5.74, 6) is 0. The largest absolute Gasteiger partial charge is 0.308 e. The number of nitrogens with zero attached hydrogens (tertiary/aromatic N) is 2. The van der Waals surface area contributed by atoms with Crippen LogP contribution >= 0.6 is 0 Å². The van der Waals surface area contributed by atoms with Gasteiger partial charge in [0.2, 0.25) is 10.0 Å². The van der Waals surface area contributed by atoms with Crippen LogP contribution in [0.3, 0.4) is 0 Å². The number of rotatable bonds is 9. The molecule has 2 rings (SSSR count). The second kappa shape index (κ2) is 6.87. The van der Waals surface area contributed by atoms with Gasteiger partial charge in [-0.1, -0.05) is 6.92 Å². The lowest BCUT2D eigenvalue weighted by Crippen LogP contribution is -2.33. The van der Waals surface area contributed by atoms with Crippen molar-refractivity contribution in [3.63, 3.8) is 0 Å². The van der Waals surface area contributed by atoms with E-state index in [-0.39, 0.29) is 4.90 Å². The molecule has 1 aliphatic rings. The Morgan fingerprint density at radius 2 is 2.14 bits per heavy atom. The molecule has 1 aromatic heterocycles. The molecule has 1 saturated carbocycles. The molecular formula is C13H25N5O2S. The topological polar surface area (TPSA) is 90.1 Å². The van der Waals surface area contributed by atoms with Gasteiger partial charge >= 0.3 is 0 Å². The van der Waals surface area contributed by atoms with Crippen LogP contribution in [0.1, 0.15) is 31.2 Å². The highest BCUT2D eigenvalue weighted by molar-refractivity contribution is 7.89. The van der Waals surface area contributed by atoms with Gasteiger partial charge in [0.15, 0.2) is 0 Å². The van der Waals surface area contributed by atoms with Gasteiger partial charge in [-0.25, -0.2) is 13.1 Å². The summed E-state index contributed by atoms with van der Waals surface area (Å²) >= 11 is 0. The van der Waals surface area contributed by atoms with Crippen molar-refractivity contribution in [1.82, 2.24) is 25.1 Å². The van der Waals surface area contributed by atoms with E-state index in [1.54, 1.807) is 6.92 Å². The van der Waals surface area contributed by atoms with Crippen LogP contribution in [0.25, 0.3) is 0 Å². The number of hydrogen-bond acceptors (Lipinski definition) is 5. The maximum absolute atomic E-state index is 12.4. The molecular weight excluding hydrogens is 290 g/mol. The van der Waals surface area contributed by atoms with Crippen LogP contribution in [0.15, 0.2) is 4.90 Å². The SMILES string of the molecule is CCN(C)CCNS(=O)(=O)c1c(CNC2CC2)n[nH]c1C. The zero-order valence-electron chi connectivity index (χ0n) is 12.9. The van der Waals surface area contributed by atoms with E-state index < -0.39 is 10.0 Å². The molecule has 0 atom stereocenters. The third kappa shape index (κ3) is 4.50. The second-order valence-corrected chi connectivity index (χ2v) is 7.28. The third-order valence-corrected chi connectivity index (χ3v) is 5.35. The van der Waals surface area contributed by atoms with Crippen LogP contribution in [0.2, 0.25) is 0 Å². The number of hydrogen-bond donors (Lipinski definition) is 3. The normalized spacial score (nSPS) is 15.8. The van der Waals surface area contributed by atoms with Gasteiger partial charge < -0.3 is 10.2 Å². The molecule has 120 valence electrons. The van der Waals surface area contributed by atoms with E-state index in [1.807, 2.05) is 14.0 Å². The molecule has 1 aromatic rings. The first-order valence-electron chi connectivity index (χ1n) is 7.39. The monoisotopic (exact) mass is 315 g/mol. The van der Waals surface area contributed by atoms with E-state index in [0.717, 1.165) is 19.4 Å². The summed E-state index contributed by atoms with van der Waals surface area (Å²) in [6.07, 6.45) is 2.32. The molecule has 21 heavy (non-hydrogen) atoms. The summed E-state index contributed by atoms with van der Waals surface area (Å²) in [6.45, 7) is 6.23. The fourth-order valence-electron chi connectivity index (χ4n) is 2.08. The van der Waals surface area contributed by atoms with Crippen molar-refractivity contribution in [1.29, 1.82) is 0 Å². The fraction of sp³-hybridized carbons (Fsp3) is 0.769. The first kappa shape index (κ1) is 16.4. The van der Waals surface area contributed by atoms with Crippen molar-refractivity contribution in [2.45, 2.75) is 44.2 Å². The van der Waals surface area contributed by atoms with Gasteiger partial charge in [-0.2, -0.15) is 5.10 Å². The van der Waals surface area contributed by atoms with Gasteiger partial charge in [-0.05, 0) is 33.4 Å². The maximum atomic E-state index is 12.4. The molecule has 1 heterocycles. The molecule has 0 radical (unpaired) electrons. The lowest BCUT2D eigenvalue weighted by Gasteiger charge is -2.14. The van der Waals surface area contributed by atoms with E-state index >= 15 is 0 Å². The Morgan fingerprint density at radius 1 is 1.43 bits per heavy atom. The fourth-order valence-corrected chi connectivity index (χ4v) is 3.46. The number of H-pyrrole nitrogens is 1. The number of sulfonamides is 1. The van der Waals surface area contributed by atoms with Gasteiger partial charge in [0.05, 0.1) is 11.4 Å². The zero-order chi connectivity index (χ0) is 15.5. The van der Waals surface area contributed by atoms with Crippen LogP contribution in [0.5, 0.6) is 0 Å². The third-order valence-electron chi connectivity index (χ3n) is 3.69. The van der Waals surface area contributed by atoms with Crippen molar-refractivity contribution in [3.05, 3.63) is 11.4 Å². The van der Waals surface area contributed by atoms with E-state index in [1.165, 1.54) is 0 Å². The van der Waals surface area contributed by atoms with Gasteiger partial charge in [0, 0.05) is 25.7 Å². The second-order valence-electron chi connectivity index (χ2n) is 5.57. The summed E-state index contributed by atoms with van der Waals surface area (Å²) < 4.78 is 27.5. The van der Waals surface area contributed by atoms with Gasteiger partial charge in [-0.15, -0.1) is 0 Å². The summed E-state index contributed by atoms with van der Waals surface area (Å²) in [5.41, 5.74) is 1.15. The van der Waals surface area contributed by atoms with E-state index in [2.05, 4.69) is 25.1 Å². The number of likely N-dealkylation sites (N-methyl/N-ethyl adjacent to an activating group) is 1. The van der Waals surface area contributed by atoms with Gasteiger partial charge in [-0.3, -0.25) is 5.10 Å². The van der Waals surface area contributed by atoms with Crippen molar-refractivity contribution in [3.8, 4) is 0 Å². The predicted molar refractivity (Wildman–Crippen MR) is 81.5 cm³/mol. The molecule has 0 aromatic carbocycles. The molecule has 8 heteroatoms. The highest BCUT2D eigenvalue weighted by Crippen LogP contribution is 2.21. The van der Waals surface area contributed by atoms with Crippen molar-refractivity contribution >= 4 is 10.0 Å². The Hall–Kier alpha value is -0.960. The smallest absolute Gasteiger partial charge is 0.244 e. The number of aromatic nitrogens is 2. The average molecular weight is 315 g/mol. The van der Waals surface area contributed by atoms with Crippen LogP contribution < -0.4 is 10.0 Å². The van der Waals surface area contributed by atoms with Crippen molar-refractivity contribution < 1.29 is 8.42 Å². The first-order valence-corrected chi connectivity index (χ1v) is 8.87. The number of aromatic amines is 1. The highest BCUT2D eigenvalue weighted by atomic mass is 32.2. The van der Waals surface area contributed by atoms with Crippen LogP contribution in [0.4, 0.5) is 0 Å². The van der Waals surface area contributed by atoms with Gasteiger partial charge in [0.1, 0.15) is 4.90 Å². The Kier molecular flexibility index (Phi) is 5.37. The molecule has 7 nitrogen and oxygen atoms in total. The molecule has 0 saturated heterocycles. The first-order chi connectivity index (χ1) is 9.94. The standard InChI is InChI=1S/C13H25N5O2S/c1-4-18(3)8-7-15-21(19,20)13-10(2)16-17-12(13)9-14-11-5-6-11/h11,14-15H,4-9H2,1-3H3,(H,16,17). The molecule has 0 unspecified atom stereocenters. The molecule has 0 amide bonds. The highest BCUT2D eigenvalue weighted by Gasteiger charge is 2.26. The van der Waals surface area contributed by atoms with E-state index in [0.29, 0.717) is 37.1 Å². The quantitative estimate of drug-likeness (QED) is 0.606. The Morgan fingerprint density at radius 3 is 2.76 bits per heavy atom. The van der Waals surface area contributed by atoms with Crippen LogP contribution in [0, 0.1) is 6.92 Å². The Balaban J connectivity index is 2.01. The minimum absolute atomic E-state index is 0.287. The zero-order valence-corrected chi connectivity index (χ0v) is 13.8. The minimum Gasteiger partial charge on any atom is -0.308 e.